The second kappa shape index (κ2) is 5.87. The zero-order valence-corrected chi connectivity index (χ0v) is 12.0. The molecule has 1 aliphatic rings. The minimum Gasteiger partial charge on any atom is -0.356 e. The number of aromatic nitrogens is 4. The number of nitrogens with one attached hydrogen (secondary N) is 1. The summed E-state index contributed by atoms with van der Waals surface area (Å²) < 4.78 is 37.8. The van der Waals surface area contributed by atoms with Crippen LogP contribution in [0.4, 0.5) is 19.0 Å². The van der Waals surface area contributed by atoms with Crippen LogP contribution in [-0.4, -0.2) is 33.0 Å². The van der Waals surface area contributed by atoms with E-state index in [0.29, 0.717) is 37.6 Å². The van der Waals surface area contributed by atoms with Gasteiger partial charge in [-0.3, -0.25) is 0 Å². The van der Waals surface area contributed by atoms with Crippen molar-refractivity contribution in [1.29, 1.82) is 5.26 Å². The molecule has 0 spiro atoms. The van der Waals surface area contributed by atoms with Crippen molar-refractivity contribution in [2.75, 3.05) is 18.0 Å². The molecule has 2 aromatic rings. The number of imidazole rings is 1. The molecule has 2 aromatic heterocycles. The van der Waals surface area contributed by atoms with Gasteiger partial charge in [0.15, 0.2) is 0 Å². The highest BCUT2D eigenvalue weighted by atomic mass is 19.4. The third kappa shape index (κ3) is 3.26. The van der Waals surface area contributed by atoms with E-state index in [2.05, 4.69) is 19.9 Å². The van der Waals surface area contributed by atoms with Crippen molar-refractivity contribution in [3.05, 3.63) is 35.8 Å². The molecule has 23 heavy (non-hydrogen) atoms. The Bertz CT molecular complexity index is 725. The number of hydrogen-bond acceptors (Lipinski definition) is 5. The number of anilines is 1. The predicted molar refractivity (Wildman–Crippen MR) is 74.5 cm³/mol. The number of H-pyrrole nitrogens is 1. The van der Waals surface area contributed by atoms with Gasteiger partial charge in [0, 0.05) is 25.1 Å². The Hall–Kier alpha value is -2.63. The second-order valence-electron chi connectivity index (χ2n) is 5.31. The van der Waals surface area contributed by atoms with Crippen LogP contribution in [0.25, 0.3) is 0 Å². The van der Waals surface area contributed by atoms with E-state index in [9.17, 15) is 13.2 Å². The first-order valence-corrected chi connectivity index (χ1v) is 7.06. The van der Waals surface area contributed by atoms with Gasteiger partial charge in [-0.1, -0.05) is 0 Å². The summed E-state index contributed by atoms with van der Waals surface area (Å²) in [5.41, 5.74) is -0.526. The van der Waals surface area contributed by atoms with E-state index in [4.69, 9.17) is 5.26 Å². The van der Waals surface area contributed by atoms with Crippen LogP contribution in [0.3, 0.4) is 0 Å². The van der Waals surface area contributed by atoms with Gasteiger partial charge in [-0.2, -0.15) is 18.4 Å². The van der Waals surface area contributed by atoms with E-state index in [0.717, 1.165) is 6.20 Å². The lowest BCUT2D eigenvalue weighted by Crippen LogP contribution is -2.33. The lowest BCUT2D eigenvalue weighted by molar-refractivity contribution is -0.141. The first kappa shape index (κ1) is 15.3. The number of rotatable bonds is 2. The highest BCUT2D eigenvalue weighted by molar-refractivity contribution is 5.42. The molecule has 0 amide bonds. The summed E-state index contributed by atoms with van der Waals surface area (Å²) in [4.78, 5) is 16.2. The van der Waals surface area contributed by atoms with E-state index in [1.807, 2.05) is 11.0 Å². The van der Waals surface area contributed by atoms with E-state index < -0.39 is 11.9 Å². The van der Waals surface area contributed by atoms with Gasteiger partial charge < -0.3 is 9.88 Å². The fourth-order valence-electron chi connectivity index (χ4n) is 2.65. The molecule has 6 nitrogen and oxygen atoms in total. The fourth-order valence-corrected chi connectivity index (χ4v) is 2.65. The Balaban J connectivity index is 1.66. The summed E-state index contributed by atoms with van der Waals surface area (Å²) in [5.74, 6) is 0.988. The molecule has 1 N–H and O–H groups in total. The molecule has 1 aliphatic heterocycles. The van der Waals surface area contributed by atoms with Crippen molar-refractivity contribution in [3.8, 4) is 6.07 Å². The Morgan fingerprint density at radius 2 is 1.96 bits per heavy atom. The Morgan fingerprint density at radius 1 is 1.22 bits per heavy atom. The van der Waals surface area contributed by atoms with Crippen molar-refractivity contribution in [2.45, 2.75) is 24.9 Å². The Morgan fingerprint density at radius 3 is 2.57 bits per heavy atom. The molecule has 120 valence electrons. The van der Waals surface area contributed by atoms with Gasteiger partial charge >= 0.3 is 6.18 Å². The first-order chi connectivity index (χ1) is 11.0. The van der Waals surface area contributed by atoms with Crippen molar-refractivity contribution in [2.24, 2.45) is 0 Å². The van der Waals surface area contributed by atoms with Crippen LogP contribution in [0.5, 0.6) is 0 Å². The maximum absolute atomic E-state index is 12.6. The first-order valence-electron chi connectivity index (χ1n) is 7.06. The molecule has 1 fully saturated rings. The lowest BCUT2D eigenvalue weighted by atomic mass is 9.96. The normalized spacial score (nSPS) is 16.3. The lowest BCUT2D eigenvalue weighted by Gasteiger charge is -2.31. The summed E-state index contributed by atoms with van der Waals surface area (Å²) >= 11 is 0. The molecule has 3 rings (SSSR count). The fraction of sp³-hybridized carbons (Fsp3) is 0.429. The molecule has 0 aliphatic carbocycles. The molecule has 1 saturated heterocycles. The van der Waals surface area contributed by atoms with E-state index in [1.54, 1.807) is 6.07 Å². The summed E-state index contributed by atoms with van der Waals surface area (Å²) in [6.45, 7) is 1.27. The summed E-state index contributed by atoms with van der Waals surface area (Å²) in [7, 11) is 0. The quantitative estimate of drug-likeness (QED) is 0.918. The number of halogens is 3. The third-order valence-electron chi connectivity index (χ3n) is 3.87. The van der Waals surface area contributed by atoms with Gasteiger partial charge in [-0.15, -0.1) is 0 Å². The van der Waals surface area contributed by atoms with Crippen molar-refractivity contribution >= 4 is 5.82 Å². The van der Waals surface area contributed by atoms with E-state index in [-0.39, 0.29) is 11.6 Å². The largest absolute Gasteiger partial charge is 0.432 e. The van der Waals surface area contributed by atoms with Gasteiger partial charge in [0.1, 0.15) is 35.4 Å². The number of alkyl halides is 3. The second-order valence-corrected chi connectivity index (χ2v) is 5.31. The molecule has 0 aromatic carbocycles. The van der Waals surface area contributed by atoms with Crippen LogP contribution in [-0.2, 0) is 6.18 Å². The smallest absolute Gasteiger partial charge is 0.356 e. The average Bonchev–Trinajstić information content (AvgIpc) is 3.05. The highest BCUT2D eigenvalue weighted by Crippen LogP contribution is 2.32. The van der Waals surface area contributed by atoms with Crippen LogP contribution in [0.2, 0.25) is 0 Å². The number of aromatic amines is 1. The number of hydrogen-bond donors (Lipinski definition) is 1. The monoisotopic (exact) mass is 322 g/mol. The highest BCUT2D eigenvalue weighted by Gasteiger charge is 2.34. The molecule has 3 heterocycles. The predicted octanol–water partition coefficient (Wildman–Crippen LogP) is 2.47. The van der Waals surface area contributed by atoms with Crippen LogP contribution in [0.1, 0.15) is 36.0 Å². The van der Waals surface area contributed by atoms with Crippen molar-refractivity contribution in [1.82, 2.24) is 19.9 Å². The maximum Gasteiger partial charge on any atom is 0.432 e. The molecule has 0 atom stereocenters. The van der Waals surface area contributed by atoms with Gasteiger partial charge in [-0.05, 0) is 12.8 Å². The Kier molecular flexibility index (Phi) is 3.90. The number of piperidine rings is 1. The topological polar surface area (TPSA) is 81.5 Å². The Labute approximate surface area is 130 Å². The van der Waals surface area contributed by atoms with Crippen LogP contribution in [0.15, 0.2) is 18.6 Å². The third-order valence-corrected chi connectivity index (χ3v) is 3.87. The van der Waals surface area contributed by atoms with Crippen molar-refractivity contribution in [3.63, 3.8) is 0 Å². The molecule has 0 unspecified atom stereocenters. The average molecular weight is 322 g/mol. The molecule has 9 heteroatoms. The molecule has 0 saturated carbocycles. The zero-order valence-electron chi connectivity index (χ0n) is 12.0. The van der Waals surface area contributed by atoms with Gasteiger partial charge in [0.05, 0.1) is 6.20 Å². The SMILES string of the molecule is N#Cc1cc(N2CCC(c3ncc(C(F)(F)F)[nH]3)CC2)ncn1. The molecular formula is C14H13F3N6. The van der Waals surface area contributed by atoms with Crippen molar-refractivity contribution < 1.29 is 13.2 Å². The van der Waals surface area contributed by atoms with Gasteiger partial charge in [0.2, 0.25) is 0 Å². The van der Waals surface area contributed by atoms with Crippen LogP contribution in [0, 0.1) is 11.3 Å². The standard InChI is InChI=1S/C14H13F3N6/c15-14(16,17)11-7-19-13(22-11)9-1-3-23(4-2-9)12-5-10(6-18)20-8-21-12/h5,7-9H,1-4H2,(H,19,22). The number of nitrogens with zero attached hydrogens (tertiary/aromatic N) is 5. The molecular weight excluding hydrogens is 309 g/mol. The molecule has 0 radical (unpaired) electrons. The maximum atomic E-state index is 12.6. The van der Waals surface area contributed by atoms with E-state index >= 15 is 0 Å². The minimum absolute atomic E-state index is 0.0420. The number of nitriles is 1. The minimum atomic E-state index is -4.40. The van der Waals surface area contributed by atoms with E-state index in [1.165, 1.54) is 6.33 Å². The zero-order chi connectivity index (χ0) is 16.4. The summed E-state index contributed by atoms with van der Waals surface area (Å²) in [6.07, 6.45) is -0.901. The summed E-state index contributed by atoms with van der Waals surface area (Å²) in [5, 5.41) is 8.86. The van der Waals surface area contributed by atoms with Crippen LogP contribution >= 0.6 is 0 Å². The van der Waals surface area contributed by atoms with Gasteiger partial charge in [0.25, 0.3) is 0 Å². The summed E-state index contributed by atoms with van der Waals surface area (Å²) in [6, 6.07) is 3.56. The molecule has 0 bridgehead atoms. The van der Waals surface area contributed by atoms with Crippen LogP contribution < -0.4 is 4.90 Å². The van der Waals surface area contributed by atoms with Gasteiger partial charge in [-0.25, -0.2) is 15.0 Å².